The third-order valence-corrected chi connectivity index (χ3v) is 3.25. The molecule has 0 aromatic rings. The molecule has 0 aliphatic rings. The van der Waals surface area contributed by atoms with E-state index >= 15 is 0 Å². The van der Waals surface area contributed by atoms with E-state index in [2.05, 4.69) is 20.8 Å². The zero-order valence-electron chi connectivity index (χ0n) is 14.3. The molecular weight excluding hydrogens is 248 g/mol. The number of hydrogen-bond acceptors (Lipinski definition) is 2. The van der Waals surface area contributed by atoms with Gasteiger partial charge < -0.3 is 4.79 Å². The SMILES string of the molecule is CCCCCC(=O)CCCCC.CCCCCC(C)=O. The van der Waals surface area contributed by atoms with Crippen molar-refractivity contribution in [3.05, 3.63) is 0 Å². The van der Waals surface area contributed by atoms with E-state index in [-0.39, 0.29) is 0 Å². The van der Waals surface area contributed by atoms with Gasteiger partial charge in [0.1, 0.15) is 11.6 Å². The smallest absolute Gasteiger partial charge is 0.132 e. The number of Topliss-reactive ketones (excluding diaryl/α,β-unsaturated/α-hetero) is 2. The maximum atomic E-state index is 11.2. The molecule has 0 amide bonds. The summed E-state index contributed by atoms with van der Waals surface area (Å²) in [7, 11) is 0. The highest BCUT2D eigenvalue weighted by molar-refractivity contribution is 5.78. The standard InChI is InChI=1S/C11H22O.C7H14O/c1-3-5-7-9-11(12)10-8-6-4-2;1-3-4-5-6-7(2)8/h3-10H2,1-2H3;3-6H2,1-2H3. The molecule has 2 nitrogen and oxygen atoms in total. The lowest BCUT2D eigenvalue weighted by atomic mass is 10.1. The van der Waals surface area contributed by atoms with Gasteiger partial charge in [0.2, 0.25) is 0 Å². The monoisotopic (exact) mass is 284 g/mol. The maximum Gasteiger partial charge on any atom is 0.132 e. The van der Waals surface area contributed by atoms with Crippen LogP contribution >= 0.6 is 0 Å². The molecule has 0 aliphatic heterocycles. The third kappa shape index (κ3) is 22.5. The predicted molar refractivity (Wildman–Crippen MR) is 88.1 cm³/mol. The van der Waals surface area contributed by atoms with Gasteiger partial charge in [-0.25, -0.2) is 0 Å². The molecule has 0 aromatic carbocycles. The summed E-state index contributed by atoms with van der Waals surface area (Å²) in [6.45, 7) is 8.12. The summed E-state index contributed by atoms with van der Waals surface area (Å²) in [6.07, 6.45) is 12.9. The molecule has 0 radical (unpaired) electrons. The van der Waals surface area contributed by atoms with Crippen molar-refractivity contribution in [1.29, 1.82) is 0 Å². The molecule has 0 N–H and O–H groups in total. The van der Waals surface area contributed by atoms with E-state index in [0.29, 0.717) is 11.6 Å². The second kappa shape index (κ2) is 18.3. The van der Waals surface area contributed by atoms with Crippen LogP contribution in [0.15, 0.2) is 0 Å². The quantitative estimate of drug-likeness (QED) is 0.420. The van der Waals surface area contributed by atoms with Crippen LogP contribution in [0.4, 0.5) is 0 Å². The van der Waals surface area contributed by atoms with Gasteiger partial charge in [0.15, 0.2) is 0 Å². The van der Waals surface area contributed by atoms with Gasteiger partial charge in [0.25, 0.3) is 0 Å². The Hall–Kier alpha value is -0.660. The Balaban J connectivity index is 0. The Labute approximate surface area is 126 Å². The van der Waals surface area contributed by atoms with Crippen molar-refractivity contribution < 1.29 is 9.59 Å². The van der Waals surface area contributed by atoms with Gasteiger partial charge in [0.05, 0.1) is 0 Å². The van der Waals surface area contributed by atoms with Crippen LogP contribution in [-0.2, 0) is 9.59 Å². The first kappa shape index (κ1) is 21.6. The van der Waals surface area contributed by atoms with E-state index in [0.717, 1.165) is 38.5 Å². The summed E-state index contributed by atoms with van der Waals surface area (Å²) in [5, 5.41) is 0. The average molecular weight is 284 g/mol. The van der Waals surface area contributed by atoms with Gasteiger partial charge in [-0.1, -0.05) is 59.3 Å². The molecule has 0 aromatic heterocycles. The molecule has 120 valence electrons. The van der Waals surface area contributed by atoms with Crippen LogP contribution in [0.5, 0.6) is 0 Å². The van der Waals surface area contributed by atoms with Crippen LogP contribution in [0.25, 0.3) is 0 Å². The van der Waals surface area contributed by atoms with Gasteiger partial charge in [0, 0.05) is 19.3 Å². The molecular formula is C18H36O2. The maximum absolute atomic E-state index is 11.2. The molecule has 0 atom stereocenters. The molecule has 0 rings (SSSR count). The lowest BCUT2D eigenvalue weighted by Gasteiger charge is -1.98. The van der Waals surface area contributed by atoms with E-state index in [9.17, 15) is 9.59 Å². The van der Waals surface area contributed by atoms with Crippen LogP contribution in [0.3, 0.4) is 0 Å². The minimum atomic E-state index is 0.318. The lowest BCUT2D eigenvalue weighted by molar-refractivity contribution is -0.119. The average Bonchev–Trinajstić information content (AvgIpc) is 2.40. The van der Waals surface area contributed by atoms with Crippen LogP contribution in [0.2, 0.25) is 0 Å². The van der Waals surface area contributed by atoms with Crippen molar-refractivity contribution in [3.8, 4) is 0 Å². The number of ketones is 2. The van der Waals surface area contributed by atoms with Gasteiger partial charge in [-0.15, -0.1) is 0 Å². The lowest BCUT2D eigenvalue weighted by Crippen LogP contribution is -1.96. The zero-order chi connectivity index (χ0) is 15.6. The van der Waals surface area contributed by atoms with E-state index in [1.54, 1.807) is 6.92 Å². The van der Waals surface area contributed by atoms with Crippen molar-refractivity contribution in [2.45, 2.75) is 105 Å². The van der Waals surface area contributed by atoms with Gasteiger partial charge in [-0.05, 0) is 26.2 Å². The summed E-state index contributed by atoms with van der Waals surface area (Å²) < 4.78 is 0. The van der Waals surface area contributed by atoms with Crippen molar-refractivity contribution in [2.24, 2.45) is 0 Å². The van der Waals surface area contributed by atoms with Crippen molar-refractivity contribution >= 4 is 11.6 Å². The van der Waals surface area contributed by atoms with Crippen molar-refractivity contribution in [1.82, 2.24) is 0 Å². The van der Waals surface area contributed by atoms with Crippen molar-refractivity contribution in [2.75, 3.05) is 0 Å². The summed E-state index contributed by atoms with van der Waals surface area (Å²) in [6, 6.07) is 0. The Morgan fingerprint density at radius 2 is 0.950 bits per heavy atom. The molecule has 2 heteroatoms. The van der Waals surface area contributed by atoms with Crippen LogP contribution in [0.1, 0.15) is 105 Å². The molecule has 0 saturated carbocycles. The van der Waals surface area contributed by atoms with E-state index in [1.807, 2.05) is 0 Å². The molecule has 0 spiro atoms. The summed E-state index contributed by atoms with van der Waals surface area (Å²) in [4.78, 5) is 21.5. The number of carbonyl (C=O) groups is 2. The first-order valence-corrected chi connectivity index (χ1v) is 8.59. The Kier molecular flexibility index (Phi) is 19.8. The predicted octanol–water partition coefficient (Wildman–Crippen LogP) is 5.87. The highest BCUT2D eigenvalue weighted by Crippen LogP contribution is 2.06. The summed E-state index contributed by atoms with van der Waals surface area (Å²) in [5.74, 6) is 0.787. The second-order valence-corrected chi connectivity index (χ2v) is 5.61. The number of hydrogen-bond donors (Lipinski definition) is 0. The van der Waals surface area contributed by atoms with E-state index in [1.165, 1.54) is 38.5 Å². The highest BCUT2D eigenvalue weighted by atomic mass is 16.1. The Morgan fingerprint density at radius 3 is 1.25 bits per heavy atom. The van der Waals surface area contributed by atoms with Crippen LogP contribution in [-0.4, -0.2) is 11.6 Å². The molecule has 0 aliphatic carbocycles. The molecule has 0 fully saturated rings. The van der Waals surface area contributed by atoms with E-state index < -0.39 is 0 Å². The van der Waals surface area contributed by atoms with Crippen molar-refractivity contribution in [3.63, 3.8) is 0 Å². The first-order valence-electron chi connectivity index (χ1n) is 8.59. The fourth-order valence-electron chi connectivity index (χ4n) is 1.89. The van der Waals surface area contributed by atoms with E-state index in [4.69, 9.17) is 0 Å². The second-order valence-electron chi connectivity index (χ2n) is 5.61. The molecule has 0 saturated heterocycles. The van der Waals surface area contributed by atoms with Gasteiger partial charge >= 0.3 is 0 Å². The van der Waals surface area contributed by atoms with Gasteiger partial charge in [-0.3, -0.25) is 4.79 Å². The number of rotatable bonds is 12. The molecule has 0 unspecified atom stereocenters. The summed E-state index contributed by atoms with van der Waals surface area (Å²) in [5.41, 5.74) is 0. The van der Waals surface area contributed by atoms with Crippen LogP contribution < -0.4 is 0 Å². The zero-order valence-corrected chi connectivity index (χ0v) is 14.3. The normalized spacial score (nSPS) is 9.80. The first-order chi connectivity index (χ1) is 9.58. The number of carbonyl (C=O) groups excluding carboxylic acids is 2. The molecule has 0 heterocycles. The minimum Gasteiger partial charge on any atom is -0.300 e. The fourth-order valence-corrected chi connectivity index (χ4v) is 1.89. The Morgan fingerprint density at radius 1 is 0.600 bits per heavy atom. The third-order valence-electron chi connectivity index (χ3n) is 3.25. The topological polar surface area (TPSA) is 34.1 Å². The molecule has 20 heavy (non-hydrogen) atoms. The highest BCUT2D eigenvalue weighted by Gasteiger charge is 1.99. The van der Waals surface area contributed by atoms with Gasteiger partial charge in [-0.2, -0.15) is 0 Å². The minimum absolute atomic E-state index is 0.318. The molecule has 0 bridgehead atoms. The number of unbranched alkanes of at least 4 members (excludes halogenated alkanes) is 6. The largest absolute Gasteiger partial charge is 0.300 e. The fraction of sp³-hybridized carbons (Fsp3) is 0.889. The summed E-state index contributed by atoms with van der Waals surface area (Å²) >= 11 is 0. The van der Waals surface area contributed by atoms with Crippen LogP contribution in [0, 0.1) is 0 Å². The Bertz CT molecular complexity index is 209.